The molecule has 0 bridgehead atoms. The van der Waals surface area contributed by atoms with Gasteiger partial charge in [0.1, 0.15) is 5.82 Å². The van der Waals surface area contributed by atoms with Crippen LogP contribution in [0.1, 0.15) is 55.0 Å². The second-order valence-electron chi connectivity index (χ2n) is 9.10. The van der Waals surface area contributed by atoms with Gasteiger partial charge in [-0.2, -0.15) is 0 Å². The molecule has 1 aromatic heterocycles. The van der Waals surface area contributed by atoms with Crippen molar-refractivity contribution in [3.63, 3.8) is 0 Å². The molecule has 5 nitrogen and oxygen atoms in total. The highest BCUT2D eigenvalue weighted by Crippen LogP contribution is 2.28. The Morgan fingerprint density at radius 3 is 2.24 bits per heavy atom. The quantitative estimate of drug-likeness (QED) is 0.348. The number of para-hydroxylation sites is 1. The maximum atomic E-state index is 13.8. The molecule has 0 N–H and O–H groups in total. The molecule has 4 aromatic rings. The second-order valence-corrected chi connectivity index (χ2v) is 9.10. The summed E-state index contributed by atoms with van der Waals surface area (Å²) in [7, 11) is 0. The van der Waals surface area contributed by atoms with Crippen LogP contribution in [0, 0.1) is 12.8 Å². The van der Waals surface area contributed by atoms with Crippen LogP contribution in [-0.4, -0.2) is 26.9 Å². The third-order valence-corrected chi connectivity index (χ3v) is 6.00. The van der Waals surface area contributed by atoms with Crippen molar-refractivity contribution in [3.8, 4) is 5.69 Å². The predicted molar refractivity (Wildman–Crippen MR) is 137 cm³/mol. The van der Waals surface area contributed by atoms with E-state index >= 15 is 0 Å². The highest BCUT2D eigenvalue weighted by atomic mass is 16.2. The number of fused-ring (bicyclic) bond motifs is 1. The summed E-state index contributed by atoms with van der Waals surface area (Å²) in [5, 5.41) is 0.562. The monoisotopic (exact) mass is 453 g/mol. The largest absolute Gasteiger partial charge is 0.328 e. The molecule has 174 valence electrons. The van der Waals surface area contributed by atoms with Crippen molar-refractivity contribution in [1.82, 2.24) is 14.5 Å². The van der Waals surface area contributed by atoms with Gasteiger partial charge in [0.2, 0.25) is 0 Å². The third-order valence-electron chi connectivity index (χ3n) is 6.00. The standard InChI is InChI=1S/C29H31N3O2/c1-5-26(31(19-20(2)3)28(33)22-11-7-6-8-12-22)27-30-25-14-10-9-13-24(25)29(34)32(27)23-17-15-21(4)16-18-23/h6-18,20,26H,5,19H2,1-4H3. The Bertz CT molecular complexity index is 1340. The molecule has 1 atom stereocenters. The molecule has 0 spiro atoms. The van der Waals surface area contributed by atoms with E-state index in [0.717, 1.165) is 11.3 Å². The smallest absolute Gasteiger partial charge is 0.266 e. The summed E-state index contributed by atoms with van der Waals surface area (Å²) in [5.74, 6) is 0.778. The summed E-state index contributed by atoms with van der Waals surface area (Å²) in [6, 6.07) is 24.2. The number of carbonyl (C=O) groups is 1. The normalized spacial score (nSPS) is 12.1. The van der Waals surface area contributed by atoms with Crippen LogP contribution in [-0.2, 0) is 0 Å². The Morgan fingerprint density at radius 2 is 1.59 bits per heavy atom. The van der Waals surface area contributed by atoms with Crippen molar-refractivity contribution < 1.29 is 4.79 Å². The molecule has 0 saturated carbocycles. The van der Waals surface area contributed by atoms with Gasteiger partial charge in [0.15, 0.2) is 0 Å². The van der Waals surface area contributed by atoms with E-state index in [1.165, 1.54) is 0 Å². The van der Waals surface area contributed by atoms with Crippen LogP contribution in [0.5, 0.6) is 0 Å². The van der Waals surface area contributed by atoms with E-state index in [9.17, 15) is 9.59 Å². The number of carbonyl (C=O) groups excluding carboxylic acids is 1. The first-order valence-corrected chi connectivity index (χ1v) is 11.9. The average molecular weight is 454 g/mol. The van der Waals surface area contributed by atoms with Crippen molar-refractivity contribution in [2.24, 2.45) is 5.92 Å². The molecule has 0 fully saturated rings. The van der Waals surface area contributed by atoms with Gasteiger partial charge >= 0.3 is 0 Å². The van der Waals surface area contributed by atoms with Gasteiger partial charge in [-0.05, 0) is 55.7 Å². The molecule has 3 aromatic carbocycles. The first-order valence-electron chi connectivity index (χ1n) is 11.9. The van der Waals surface area contributed by atoms with E-state index in [4.69, 9.17) is 4.98 Å². The highest BCUT2D eigenvalue weighted by molar-refractivity contribution is 5.94. The number of rotatable bonds is 7. The third kappa shape index (κ3) is 4.65. The molecule has 1 unspecified atom stereocenters. The molecular formula is C29H31N3O2. The zero-order valence-electron chi connectivity index (χ0n) is 20.2. The molecule has 0 saturated heterocycles. The molecule has 0 radical (unpaired) electrons. The van der Waals surface area contributed by atoms with E-state index in [1.807, 2.05) is 91.5 Å². The molecule has 0 aliphatic carbocycles. The maximum absolute atomic E-state index is 13.8. The van der Waals surface area contributed by atoms with Crippen molar-refractivity contribution >= 4 is 16.8 Å². The molecule has 0 aliphatic rings. The number of nitrogens with zero attached hydrogens (tertiary/aromatic N) is 3. The number of amides is 1. The van der Waals surface area contributed by atoms with Crippen LogP contribution in [0.25, 0.3) is 16.6 Å². The summed E-state index contributed by atoms with van der Waals surface area (Å²) >= 11 is 0. The van der Waals surface area contributed by atoms with Gasteiger partial charge in [-0.1, -0.05) is 68.8 Å². The Kier molecular flexibility index (Phi) is 6.92. The van der Waals surface area contributed by atoms with Crippen LogP contribution in [0.15, 0.2) is 83.7 Å². The zero-order chi connectivity index (χ0) is 24.2. The van der Waals surface area contributed by atoms with Crippen molar-refractivity contribution in [2.45, 2.75) is 40.2 Å². The van der Waals surface area contributed by atoms with Crippen molar-refractivity contribution in [3.05, 3.63) is 106 Å². The summed E-state index contributed by atoms with van der Waals surface area (Å²) in [6.07, 6.45) is 0.627. The average Bonchev–Trinajstić information content (AvgIpc) is 2.85. The molecule has 34 heavy (non-hydrogen) atoms. The molecule has 4 rings (SSSR count). The minimum absolute atomic E-state index is 0.0565. The fourth-order valence-corrected chi connectivity index (χ4v) is 4.35. The van der Waals surface area contributed by atoms with Crippen LogP contribution in [0.4, 0.5) is 0 Å². The number of hydrogen-bond donors (Lipinski definition) is 0. The number of hydrogen-bond acceptors (Lipinski definition) is 3. The fourth-order valence-electron chi connectivity index (χ4n) is 4.35. The van der Waals surface area contributed by atoms with Crippen LogP contribution in [0.3, 0.4) is 0 Å². The molecule has 0 aliphatic heterocycles. The van der Waals surface area contributed by atoms with Gasteiger partial charge in [0, 0.05) is 12.1 Å². The van der Waals surface area contributed by atoms with Gasteiger partial charge < -0.3 is 4.90 Å². The van der Waals surface area contributed by atoms with Gasteiger partial charge in [0.05, 0.1) is 22.6 Å². The minimum Gasteiger partial charge on any atom is -0.328 e. The van der Waals surface area contributed by atoms with Gasteiger partial charge in [-0.25, -0.2) is 4.98 Å². The Balaban J connectivity index is 1.96. The SMILES string of the molecule is CCC(c1nc2ccccc2c(=O)n1-c1ccc(C)cc1)N(CC(C)C)C(=O)c1ccccc1. The zero-order valence-corrected chi connectivity index (χ0v) is 20.2. The Labute approximate surface area is 200 Å². The van der Waals surface area contributed by atoms with Crippen molar-refractivity contribution in [1.29, 1.82) is 0 Å². The highest BCUT2D eigenvalue weighted by Gasteiger charge is 2.30. The summed E-state index contributed by atoms with van der Waals surface area (Å²) in [5.41, 5.74) is 3.01. The topological polar surface area (TPSA) is 55.2 Å². The van der Waals surface area contributed by atoms with E-state index in [1.54, 1.807) is 10.6 Å². The first kappa shape index (κ1) is 23.4. The van der Waals surface area contributed by atoms with Gasteiger partial charge in [-0.15, -0.1) is 0 Å². The van der Waals surface area contributed by atoms with E-state index in [0.29, 0.717) is 35.3 Å². The van der Waals surface area contributed by atoms with Gasteiger partial charge in [-0.3, -0.25) is 14.2 Å². The molecule has 1 heterocycles. The van der Waals surface area contributed by atoms with Crippen LogP contribution >= 0.6 is 0 Å². The number of benzene rings is 3. The summed E-state index contributed by atoms with van der Waals surface area (Å²) in [6.45, 7) is 8.81. The van der Waals surface area contributed by atoms with E-state index in [-0.39, 0.29) is 23.4 Å². The Hall–Kier alpha value is -3.73. The van der Waals surface area contributed by atoms with Gasteiger partial charge in [0.25, 0.3) is 11.5 Å². The molecule has 5 heteroatoms. The lowest BCUT2D eigenvalue weighted by Crippen LogP contribution is -2.40. The lowest BCUT2D eigenvalue weighted by atomic mass is 10.1. The number of aryl methyl sites for hydroxylation is 1. The Morgan fingerprint density at radius 1 is 0.941 bits per heavy atom. The fraction of sp³-hybridized carbons (Fsp3) is 0.276. The van der Waals surface area contributed by atoms with Crippen molar-refractivity contribution in [2.75, 3.05) is 6.54 Å². The number of aromatic nitrogens is 2. The lowest BCUT2D eigenvalue weighted by Gasteiger charge is -2.33. The molecule has 1 amide bonds. The van der Waals surface area contributed by atoms with Crippen LogP contribution in [0.2, 0.25) is 0 Å². The van der Waals surface area contributed by atoms with E-state index < -0.39 is 0 Å². The summed E-state index contributed by atoms with van der Waals surface area (Å²) < 4.78 is 1.68. The van der Waals surface area contributed by atoms with Crippen LogP contribution < -0.4 is 5.56 Å². The predicted octanol–water partition coefficient (Wildman–Crippen LogP) is 5.94. The van der Waals surface area contributed by atoms with E-state index in [2.05, 4.69) is 13.8 Å². The lowest BCUT2D eigenvalue weighted by molar-refractivity contribution is 0.0631. The maximum Gasteiger partial charge on any atom is 0.266 e. The second kappa shape index (κ2) is 10.0. The molecular weight excluding hydrogens is 422 g/mol. The summed E-state index contributed by atoms with van der Waals surface area (Å²) in [4.78, 5) is 34.3. The first-order chi connectivity index (χ1) is 16.4. The minimum atomic E-state index is -0.367.